The molecule has 0 saturated carbocycles. The Balaban J connectivity index is 1.79. The summed E-state index contributed by atoms with van der Waals surface area (Å²) in [4.78, 5) is 16.7. The number of amides is 1. The van der Waals surface area contributed by atoms with Gasteiger partial charge in [0.05, 0.1) is 4.90 Å². The molecule has 3 aromatic rings. The van der Waals surface area contributed by atoms with Crippen LogP contribution < -0.4 is 4.72 Å². The first kappa shape index (κ1) is 23.4. The van der Waals surface area contributed by atoms with E-state index in [9.17, 15) is 17.6 Å². The van der Waals surface area contributed by atoms with Gasteiger partial charge in [0.1, 0.15) is 5.82 Å². The minimum Gasteiger partial charge on any atom is -0.333 e. The van der Waals surface area contributed by atoms with Gasteiger partial charge in [0, 0.05) is 36.4 Å². The van der Waals surface area contributed by atoms with Crippen molar-refractivity contribution in [3.05, 3.63) is 95.8 Å². The lowest BCUT2D eigenvalue weighted by Crippen LogP contribution is -2.36. The molecule has 6 nitrogen and oxygen atoms in total. The molecule has 0 atom stereocenters. The summed E-state index contributed by atoms with van der Waals surface area (Å²) in [6.45, 7) is 1.12. The van der Waals surface area contributed by atoms with Crippen molar-refractivity contribution >= 4 is 21.6 Å². The fraction of sp³-hybridized carbons (Fsp3) is 0.208. The van der Waals surface area contributed by atoms with E-state index in [-0.39, 0.29) is 23.2 Å². The van der Waals surface area contributed by atoms with Crippen molar-refractivity contribution in [2.75, 3.05) is 31.9 Å². The Morgan fingerprint density at radius 1 is 0.875 bits per heavy atom. The zero-order valence-corrected chi connectivity index (χ0v) is 18.8. The van der Waals surface area contributed by atoms with Gasteiger partial charge in [-0.2, -0.15) is 0 Å². The summed E-state index contributed by atoms with van der Waals surface area (Å²) in [6.07, 6.45) is 0. The van der Waals surface area contributed by atoms with Gasteiger partial charge in [0.25, 0.3) is 15.9 Å². The summed E-state index contributed by atoms with van der Waals surface area (Å²) < 4.78 is 41.9. The van der Waals surface area contributed by atoms with E-state index in [1.165, 1.54) is 30.3 Å². The number of halogens is 1. The van der Waals surface area contributed by atoms with Gasteiger partial charge in [0.2, 0.25) is 0 Å². The molecule has 0 spiro atoms. The summed E-state index contributed by atoms with van der Waals surface area (Å²) in [5.74, 6) is -0.668. The van der Waals surface area contributed by atoms with Crippen LogP contribution in [0.15, 0.2) is 83.8 Å². The largest absolute Gasteiger partial charge is 0.333 e. The number of carbonyl (C=O) groups is 1. The molecule has 168 valence electrons. The molecule has 1 amide bonds. The fourth-order valence-electron chi connectivity index (χ4n) is 3.08. The second-order valence-electron chi connectivity index (χ2n) is 7.62. The van der Waals surface area contributed by atoms with Crippen LogP contribution >= 0.6 is 0 Å². The van der Waals surface area contributed by atoms with Gasteiger partial charge in [-0.3, -0.25) is 9.52 Å². The number of nitrogens with one attached hydrogen (secondary N) is 1. The molecule has 0 heterocycles. The van der Waals surface area contributed by atoms with Crippen LogP contribution in [0.3, 0.4) is 0 Å². The smallest absolute Gasteiger partial charge is 0.261 e. The number of para-hydroxylation sites is 1. The van der Waals surface area contributed by atoms with E-state index in [0.29, 0.717) is 29.9 Å². The van der Waals surface area contributed by atoms with E-state index < -0.39 is 10.0 Å². The topological polar surface area (TPSA) is 69.7 Å². The molecule has 0 aliphatic heterocycles. The molecule has 0 aliphatic carbocycles. The first-order chi connectivity index (χ1) is 15.3. The number of hydrogen-bond acceptors (Lipinski definition) is 4. The number of hydrogen-bond donors (Lipinski definition) is 1. The van der Waals surface area contributed by atoms with E-state index in [1.54, 1.807) is 53.4 Å². The highest BCUT2D eigenvalue weighted by molar-refractivity contribution is 7.92. The average molecular weight is 456 g/mol. The van der Waals surface area contributed by atoms with Crippen LogP contribution in [0.4, 0.5) is 10.1 Å². The minimum atomic E-state index is -3.78. The first-order valence-corrected chi connectivity index (χ1v) is 11.6. The van der Waals surface area contributed by atoms with E-state index in [4.69, 9.17) is 0 Å². The second kappa shape index (κ2) is 10.4. The third-order valence-corrected chi connectivity index (χ3v) is 6.26. The van der Waals surface area contributed by atoms with Crippen molar-refractivity contribution in [3.63, 3.8) is 0 Å². The van der Waals surface area contributed by atoms with E-state index in [1.807, 2.05) is 19.0 Å². The van der Waals surface area contributed by atoms with Crippen molar-refractivity contribution < 1.29 is 17.6 Å². The SMILES string of the molecule is CN(C)CCN(Cc1ccccc1F)C(=O)c1ccc(S(=O)(=O)Nc2ccccc2)cc1. The number of sulfonamides is 1. The predicted molar refractivity (Wildman–Crippen MR) is 123 cm³/mol. The molecule has 1 N–H and O–H groups in total. The van der Waals surface area contributed by atoms with E-state index in [0.717, 1.165) is 0 Å². The van der Waals surface area contributed by atoms with Gasteiger partial charge >= 0.3 is 0 Å². The third-order valence-electron chi connectivity index (χ3n) is 4.86. The molecule has 3 aromatic carbocycles. The molecule has 0 bridgehead atoms. The molecule has 32 heavy (non-hydrogen) atoms. The van der Waals surface area contributed by atoms with Gasteiger partial charge in [-0.15, -0.1) is 0 Å². The highest BCUT2D eigenvalue weighted by Crippen LogP contribution is 2.18. The highest BCUT2D eigenvalue weighted by Gasteiger charge is 2.20. The predicted octanol–water partition coefficient (Wildman–Crippen LogP) is 3.83. The summed E-state index contributed by atoms with van der Waals surface area (Å²) in [5.41, 5.74) is 1.21. The zero-order valence-electron chi connectivity index (χ0n) is 18.0. The molecular weight excluding hydrogens is 429 g/mol. The normalized spacial score (nSPS) is 11.4. The Kier molecular flexibility index (Phi) is 7.61. The van der Waals surface area contributed by atoms with Gasteiger partial charge in [0.15, 0.2) is 0 Å². The van der Waals surface area contributed by atoms with E-state index in [2.05, 4.69) is 4.72 Å². The van der Waals surface area contributed by atoms with Crippen molar-refractivity contribution in [3.8, 4) is 0 Å². The van der Waals surface area contributed by atoms with Gasteiger partial charge in [-0.25, -0.2) is 12.8 Å². The van der Waals surface area contributed by atoms with Crippen LogP contribution in [-0.4, -0.2) is 51.3 Å². The Bertz CT molecular complexity index is 1150. The highest BCUT2D eigenvalue weighted by atomic mass is 32.2. The molecule has 8 heteroatoms. The standard InChI is InChI=1S/C24H26FN3O3S/c1-27(2)16-17-28(18-20-8-6-7-11-23(20)25)24(29)19-12-14-22(15-13-19)32(30,31)26-21-9-4-3-5-10-21/h3-15,26H,16-18H2,1-2H3. The lowest BCUT2D eigenvalue weighted by molar-refractivity contribution is 0.0730. The quantitative estimate of drug-likeness (QED) is 0.532. The van der Waals surface area contributed by atoms with Crippen LogP contribution in [0, 0.1) is 5.82 Å². The van der Waals surface area contributed by atoms with Crippen LogP contribution in [-0.2, 0) is 16.6 Å². The number of carbonyl (C=O) groups excluding carboxylic acids is 1. The third kappa shape index (κ3) is 6.15. The second-order valence-corrected chi connectivity index (χ2v) is 9.30. The number of rotatable bonds is 9. The van der Waals surface area contributed by atoms with Crippen LogP contribution in [0.1, 0.15) is 15.9 Å². The zero-order chi connectivity index (χ0) is 23.1. The van der Waals surface area contributed by atoms with Crippen molar-refractivity contribution in [2.45, 2.75) is 11.4 Å². The minimum absolute atomic E-state index is 0.0480. The first-order valence-electron chi connectivity index (χ1n) is 10.1. The average Bonchev–Trinajstić information content (AvgIpc) is 2.78. The molecule has 3 rings (SSSR count). The molecule has 0 fully saturated rings. The Labute approximate surface area is 188 Å². The fourth-order valence-corrected chi connectivity index (χ4v) is 4.14. The number of likely N-dealkylation sites (N-methyl/N-ethyl adjacent to an activating group) is 1. The summed E-state index contributed by atoms with van der Waals surface area (Å²) in [7, 11) is 0.00517. The summed E-state index contributed by atoms with van der Waals surface area (Å²) >= 11 is 0. The maximum atomic E-state index is 14.2. The molecular formula is C24H26FN3O3S. The van der Waals surface area contributed by atoms with Gasteiger partial charge < -0.3 is 9.80 Å². The Morgan fingerprint density at radius 2 is 1.50 bits per heavy atom. The molecule has 0 aliphatic rings. The maximum absolute atomic E-state index is 14.2. The van der Waals surface area contributed by atoms with Gasteiger partial charge in [-0.1, -0.05) is 36.4 Å². The molecule has 0 aromatic heterocycles. The number of benzene rings is 3. The summed E-state index contributed by atoms with van der Waals surface area (Å²) in [6, 6.07) is 20.7. The lowest BCUT2D eigenvalue weighted by atomic mass is 10.1. The monoisotopic (exact) mass is 455 g/mol. The lowest BCUT2D eigenvalue weighted by Gasteiger charge is -2.25. The number of nitrogens with zero attached hydrogens (tertiary/aromatic N) is 2. The number of anilines is 1. The molecule has 0 unspecified atom stereocenters. The van der Waals surface area contributed by atoms with Crippen LogP contribution in [0.25, 0.3) is 0 Å². The Morgan fingerprint density at radius 3 is 2.12 bits per heavy atom. The van der Waals surface area contributed by atoms with Gasteiger partial charge in [-0.05, 0) is 56.6 Å². The van der Waals surface area contributed by atoms with Crippen molar-refractivity contribution in [1.29, 1.82) is 0 Å². The van der Waals surface area contributed by atoms with Crippen LogP contribution in [0.2, 0.25) is 0 Å². The Hall–Kier alpha value is -3.23. The van der Waals surface area contributed by atoms with Crippen molar-refractivity contribution in [2.24, 2.45) is 0 Å². The summed E-state index contributed by atoms with van der Waals surface area (Å²) in [5, 5.41) is 0. The molecule has 0 saturated heterocycles. The molecule has 0 radical (unpaired) electrons. The van der Waals surface area contributed by atoms with Crippen LogP contribution in [0.5, 0.6) is 0 Å². The maximum Gasteiger partial charge on any atom is 0.261 e. The van der Waals surface area contributed by atoms with E-state index >= 15 is 0 Å². The van der Waals surface area contributed by atoms with Crippen molar-refractivity contribution in [1.82, 2.24) is 9.80 Å².